The summed E-state index contributed by atoms with van der Waals surface area (Å²) in [6.45, 7) is 3.46. The quantitative estimate of drug-likeness (QED) is 0.676. The molecule has 0 unspecified atom stereocenters. The average Bonchev–Trinajstić information content (AvgIpc) is 3.06. The molecule has 1 heterocycles. The van der Waals surface area contributed by atoms with Crippen molar-refractivity contribution in [2.75, 3.05) is 46.8 Å². The maximum absolute atomic E-state index is 12.5. The van der Waals surface area contributed by atoms with Crippen molar-refractivity contribution in [2.45, 2.75) is 17.7 Å². The molecule has 24 heavy (non-hydrogen) atoms. The number of sulfonamides is 1. The SMILES string of the molecule is CN(CCN1CCCC1)C(=O)CN(C)S(=O)(=O)c1ccc(Br)cc1. The Morgan fingerprint density at radius 1 is 1.17 bits per heavy atom. The average molecular weight is 418 g/mol. The van der Waals surface area contributed by atoms with Gasteiger partial charge in [-0.2, -0.15) is 4.31 Å². The highest BCUT2D eigenvalue weighted by Crippen LogP contribution is 2.17. The number of rotatable bonds is 7. The lowest BCUT2D eigenvalue weighted by atomic mass is 10.4. The van der Waals surface area contributed by atoms with Gasteiger partial charge in [-0.05, 0) is 50.2 Å². The molecule has 1 aromatic rings. The van der Waals surface area contributed by atoms with Crippen LogP contribution in [0.4, 0.5) is 0 Å². The lowest BCUT2D eigenvalue weighted by Gasteiger charge is -2.24. The van der Waals surface area contributed by atoms with Crippen LogP contribution in [-0.2, 0) is 14.8 Å². The van der Waals surface area contributed by atoms with Crippen molar-refractivity contribution in [2.24, 2.45) is 0 Å². The maximum atomic E-state index is 12.5. The molecule has 1 aliphatic rings. The maximum Gasteiger partial charge on any atom is 0.243 e. The van der Waals surface area contributed by atoms with Crippen molar-refractivity contribution in [3.63, 3.8) is 0 Å². The standard InChI is InChI=1S/C16H24BrN3O3S/c1-18(11-12-20-9-3-4-10-20)16(21)13-19(2)24(22,23)15-7-5-14(17)6-8-15/h5-8H,3-4,9-13H2,1-2H3. The van der Waals surface area contributed by atoms with Gasteiger partial charge in [-0.1, -0.05) is 15.9 Å². The molecule has 134 valence electrons. The first kappa shape index (κ1) is 19.4. The predicted octanol–water partition coefficient (Wildman–Crippen LogP) is 1.62. The topological polar surface area (TPSA) is 60.9 Å². The van der Waals surface area contributed by atoms with Crippen LogP contribution in [0.15, 0.2) is 33.6 Å². The monoisotopic (exact) mass is 417 g/mol. The molecule has 2 rings (SSSR count). The van der Waals surface area contributed by atoms with Crippen LogP contribution in [0, 0.1) is 0 Å². The molecule has 1 amide bonds. The molecule has 1 saturated heterocycles. The van der Waals surface area contributed by atoms with Crippen LogP contribution in [0.2, 0.25) is 0 Å². The Morgan fingerprint density at radius 3 is 2.33 bits per heavy atom. The smallest absolute Gasteiger partial charge is 0.243 e. The number of hydrogen-bond donors (Lipinski definition) is 0. The minimum atomic E-state index is -3.66. The molecule has 0 bridgehead atoms. The molecule has 0 aromatic heterocycles. The van der Waals surface area contributed by atoms with Crippen molar-refractivity contribution in [3.8, 4) is 0 Å². The Morgan fingerprint density at radius 2 is 1.75 bits per heavy atom. The van der Waals surface area contributed by atoms with Gasteiger partial charge in [0.05, 0.1) is 11.4 Å². The number of hydrogen-bond acceptors (Lipinski definition) is 4. The van der Waals surface area contributed by atoms with Gasteiger partial charge in [-0.15, -0.1) is 0 Å². The summed E-state index contributed by atoms with van der Waals surface area (Å²) in [5.74, 6) is -0.197. The number of amides is 1. The van der Waals surface area contributed by atoms with Gasteiger partial charge in [0.1, 0.15) is 0 Å². The molecule has 0 radical (unpaired) electrons. The molecule has 0 N–H and O–H groups in total. The Kier molecular flexibility index (Phi) is 6.79. The number of likely N-dealkylation sites (N-methyl/N-ethyl adjacent to an activating group) is 2. The number of nitrogens with zero attached hydrogens (tertiary/aromatic N) is 3. The van der Waals surface area contributed by atoms with Crippen LogP contribution in [0.3, 0.4) is 0 Å². The molecular weight excluding hydrogens is 394 g/mol. The van der Waals surface area contributed by atoms with Crippen molar-refractivity contribution in [3.05, 3.63) is 28.7 Å². The van der Waals surface area contributed by atoms with Crippen LogP contribution >= 0.6 is 15.9 Å². The van der Waals surface area contributed by atoms with Gasteiger partial charge < -0.3 is 9.80 Å². The molecule has 0 aliphatic carbocycles. The normalized spacial score (nSPS) is 15.8. The van der Waals surface area contributed by atoms with Gasteiger partial charge in [0, 0.05) is 31.7 Å². The molecule has 8 heteroatoms. The second kappa shape index (κ2) is 8.42. The van der Waals surface area contributed by atoms with Crippen LogP contribution < -0.4 is 0 Å². The van der Waals surface area contributed by atoms with E-state index in [2.05, 4.69) is 20.8 Å². The summed E-state index contributed by atoms with van der Waals surface area (Å²) in [5, 5.41) is 0. The first-order valence-electron chi connectivity index (χ1n) is 7.99. The summed E-state index contributed by atoms with van der Waals surface area (Å²) in [5.41, 5.74) is 0. The van der Waals surface area contributed by atoms with Crippen molar-refractivity contribution in [1.29, 1.82) is 0 Å². The number of halogens is 1. The zero-order valence-corrected chi connectivity index (χ0v) is 16.5. The summed E-state index contributed by atoms with van der Waals surface area (Å²) >= 11 is 3.28. The predicted molar refractivity (Wildman–Crippen MR) is 97.3 cm³/mol. The summed E-state index contributed by atoms with van der Waals surface area (Å²) in [7, 11) is -0.505. The fourth-order valence-electron chi connectivity index (χ4n) is 2.61. The Balaban J connectivity index is 1.90. The Bertz CT molecular complexity index is 658. The van der Waals surface area contributed by atoms with Crippen molar-refractivity contribution < 1.29 is 13.2 Å². The Labute approximate surface area is 152 Å². The largest absolute Gasteiger partial charge is 0.343 e. The molecule has 1 aliphatic heterocycles. The third-order valence-corrected chi connectivity index (χ3v) is 6.60. The highest BCUT2D eigenvalue weighted by Gasteiger charge is 2.24. The first-order chi connectivity index (χ1) is 11.3. The van der Waals surface area contributed by atoms with E-state index in [0.29, 0.717) is 6.54 Å². The molecule has 0 atom stereocenters. The number of benzene rings is 1. The number of carbonyl (C=O) groups excluding carboxylic acids is 1. The Hall–Kier alpha value is -0.960. The van der Waals surface area contributed by atoms with Crippen LogP contribution in [0.1, 0.15) is 12.8 Å². The van der Waals surface area contributed by atoms with Gasteiger partial charge in [0.25, 0.3) is 0 Å². The van der Waals surface area contributed by atoms with E-state index in [-0.39, 0.29) is 17.3 Å². The molecule has 0 spiro atoms. The highest BCUT2D eigenvalue weighted by molar-refractivity contribution is 9.10. The second-order valence-corrected chi connectivity index (χ2v) is 9.04. The van der Waals surface area contributed by atoms with E-state index in [1.165, 1.54) is 32.0 Å². The van der Waals surface area contributed by atoms with Gasteiger partial charge in [0.15, 0.2) is 0 Å². The van der Waals surface area contributed by atoms with Gasteiger partial charge in [0.2, 0.25) is 15.9 Å². The zero-order valence-electron chi connectivity index (χ0n) is 14.1. The zero-order chi connectivity index (χ0) is 17.7. The van der Waals surface area contributed by atoms with Gasteiger partial charge >= 0.3 is 0 Å². The van der Waals surface area contributed by atoms with Gasteiger partial charge in [-0.25, -0.2) is 8.42 Å². The minimum absolute atomic E-state index is 0.158. The molecule has 6 nitrogen and oxygen atoms in total. The van der Waals surface area contributed by atoms with Crippen LogP contribution in [-0.4, -0.2) is 75.2 Å². The number of carbonyl (C=O) groups is 1. The van der Waals surface area contributed by atoms with E-state index < -0.39 is 10.0 Å². The molecule has 0 saturated carbocycles. The van der Waals surface area contributed by atoms with E-state index in [1.807, 2.05) is 0 Å². The van der Waals surface area contributed by atoms with Crippen LogP contribution in [0.25, 0.3) is 0 Å². The lowest BCUT2D eigenvalue weighted by Crippen LogP contribution is -2.42. The van der Waals surface area contributed by atoms with E-state index in [0.717, 1.165) is 28.4 Å². The third kappa shape index (κ3) is 5.02. The molecule has 1 aromatic carbocycles. The number of likely N-dealkylation sites (tertiary alicyclic amines) is 1. The summed E-state index contributed by atoms with van der Waals surface area (Å²) in [6, 6.07) is 6.39. The molecule has 1 fully saturated rings. The van der Waals surface area contributed by atoms with Crippen molar-refractivity contribution >= 4 is 31.9 Å². The van der Waals surface area contributed by atoms with E-state index in [9.17, 15) is 13.2 Å². The lowest BCUT2D eigenvalue weighted by molar-refractivity contribution is -0.130. The summed E-state index contributed by atoms with van der Waals surface area (Å²) < 4.78 is 26.9. The van der Waals surface area contributed by atoms with E-state index in [1.54, 1.807) is 24.1 Å². The van der Waals surface area contributed by atoms with Crippen molar-refractivity contribution in [1.82, 2.24) is 14.1 Å². The van der Waals surface area contributed by atoms with Crippen LogP contribution in [0.5, 0.6) is 0 Å². The fourth-order valence-corrected chi connectivity index (χ4v) is 3.99. The summed E-state index contributed by atoms with van der Waals surface area (Å²) in [4.78, 5) is 16.4. The second-order valence-electron chi connectivity index (χ2n) is 6.08. The summed E-state index contributed by atoms with van der Waals surface area (Å²) in [6.07, 6.45) is 2.43. The molecular formula is C16H24BrN3O3S. The fraction of sp³-hybridized carbons (Fsp3) is 0.562. The minimum Gasteiger partial charge on any atom is -0.343 e. The highest BCUT2D eigenvalue weighted by atomic mass is 79.9. The van der Waals surface area contributed by atoms with Gasteiger partial charge in [-0.3, -0.25) is 4.79 Å². The first-order valence-corrected chi connectivity index (χ1v) is 10.2. The van der Waals surface area contributed by atoms with E-state index in [4.69, 9.17) is 0 Å². The third-order valence-electron chi connectivity index (χ3n) is 4.26. The van der Waals surface area contributed by atoms with E-state index >= 15 is 0 Å².